The quantitative estimate of drug-likeness (QED) is 0.292. The fourth-order valence-electron chi connectivity index (χ4n) is 4.40. The summed E-state index contributed by atoms with van der Waals surface area (Å²) >= 11 is 1.20. The number of hydrogen-bond acceptors (Lipinski definition) is 6. The first kappa shape index (κ1) is 31.4. The molecule has 0 radical (unpaired) electrons. The predicted octanol–water partition coefficient (Wildman–Crippen LogP) is 4.94. The maximum absolute atomic E-state index is 13.0. The number of carbonyl (C=O) groups is 3. The van der Waals surface area contributed by atoms with Gasteiger partial charge < -0.3 is 20.4 Å². The molecule has 0 aliphatic rings. The molecule has 1 aromatic heterocycles. The standard InChI is InChI=1S/C29H43N3O5S/c1-7-19(4)13-26(34)32(6)24(18(2)3)16-25(33)28-31-23(17-38-28)27(35)30-22(14-20(5)29(36)37)15-21-11-9-8-10-12-21/h8-12,17-20,22,24-25,33H,7,13-16H2,1-6H3,(H,30,35)(H,36,37)/t19-,20-,22+,24+,25+/m0/s1. The molecule has 2 rings (SSSR count). The first-order valence-electron chi connectivity index (χ1n) is 13.4. The number of aliphatic hydroxyl groups excluding tert-OH is 1. The van der Waals surface area contributed by atoms with Gasteiger partial charge in [-0.3, -0.25) is 14.4 Å². The summed E-state index contributed by atoms with van der Waals surface area (Å²) in [6.07, 6.45) is 1.58. The van der Waals surface area contributed by atoms with Crippen LogP contribution >= 0.6 is 11.3 Å². The van der Waals surface area contributed by atoms with Gasteiger partial charge in [0.15, 0.2) is 0 Å². The Morgan fingerprint density at radius 1 is 1.08 bits per heavy atom. The summed E-state index contributed by atoms with van der Waals surface area (Å²) in [4.78, 5) is 43.4. The molecule has 0 unspecified atom stereocenters. The fraction of sp³-hybridized carbons (Fsp3) is 0.586. The van der Waals surface area contributed by atoms with Crippen molar-refractivity contribution in [3.8, 4) is 0 Å². The van der Waals surface area contributed by atoms with Crippen molar-refractivity contribution in [1.82, 2.24) is 15.2 Å². The Kier molecular flexibility index (Phi) is 12.4. The number of aliphatic carboxylic acids is 1. The van der Waals surface area contributed by atoms with Gasteiger partial charge in [0.1, 0.15) is 16.8 Å². The van der Waals surface area contributed by atoms with Crippen LogP contribution in [0.4, 0.5) is 0 Å². The lowest BCUT2D eigenvalue weighted by Gasteiger charge is -2.33. The van der Waals surface area contributed by atoms with E-state index in [1.54, 1.807) is 24.3 Å². The van der Waals surface area contributed by atoms with Gasteiger partial charge >= 0.3 is 5.97 Å². The van der Waals surface area contributed by atoms with E-state index in [9.17, 15) is 24.6 Å². The minimum absolute atomic E-state index is 0.0597. The number of nitrogens with zero attached hydrogens (tertiary/aromatic N) is 2. The van der Waals surface area contributed by atoms with Gasteiger partial charge in [0.25, 0.3) is 5.91 Å². The molecule has 210 valence electrons. The van der Waals surface area contributed by atoms with Crippen LogP contribution in [-0.2, 0) is 16.0 Å². The van der Waals surface area contributed by atoms with Gasteiger partial charge in [0, 0.05) is 37.4 Å². The molecule has 2 amide bonds. The summed E-state index contributed by atoms with van der Waals surface area (Å²) < 4.78 is 0. The van der Waals surface area contributed by atoms with Crippen molar-refractivity contribution in [1.29, 1.82) is 0 Å². The number of thiazole rings is 1. The maximum atomic E-state index is 13.0. The molecule has 0 saturated carbocycles. The third-order valence-corrected chi connectivity index (χ3v) is 8.05. The second-order valence-corrected chi connectivity index (χ2v) is 11.6. The average molecular weight is 546 g/mol. The van der Waals surface area contributed by atoms with Gasteiger partial charge in [-0.1, -0.05) is 71.4 Å². The fourth-order valence-corrected chi connectivity index (χ4v) is 5.20. The number of carbonyl (C=O) groups excluding carboxylic acids is 2. The number of nitrogens with one attached hydrogen (secondary N) is 1. The SMILES string of the molecule is CC[C@H](C)CC(=O)N(C)[C@H](C[C@@H](O)c1nc(C(=O)N[C@@H](Cc2ccccc2)C[C@H](C)C(=O)O)cs1)C(C)C. The number of amides is 2. The zero-order valence-electron chi connectivity index (χ0n) is 23.4. The van der Waals surface area contributed by atoms with Crippen molar-refractivity contribution < 1.29 is 24.6 Å². The van der Waals surface area contributed by atoms with E-state index < -0.39 is 23.9 Å². The van der Waals surface area contributed by atoms with Crippen molar-refractivity contribution in [2.45, 2.75) is 84.9 Å². The van der Waals surface area contributed by atoms with E-state index in [4.69, 9.17) is 0 Å². The van der Waals surface area contributed by atoms with Crippen LogP contribution in [0, 0.1) is 17.8 Å². The lowest BCUT2D eigenvalue weighted by atomic mass is 9.95. The highest BCUT2D eigenvalue weighted by atomic mass is 32.1. The van der Waals surface area contributed by atoms with Crippen molar-refractivity contribution in [3.63, 3.8) is 0 Å². The molecular weight excluding hydrogens is 502 g/mol. The summed E-state index contributed by atoms with van der Waals surface area (Å²) in [5.41, 5.74) is 1.18. The smallest absolute Gasteiger partial charge is 0.306 e. The zero-order chi connectivity index (χ0) is 28.4. The lowest BCUT2D eigenvalue weighted by Crippen LogP contribution is -2.41. The monoisotopic (exact) mass is 545 g/mol. The van der Waals surface area contributed by atoms with E-state index in [1.165, 1.54) is 11.3 Å². The molecule has 1 aromatic carbocycles. The van der Waals surface area contributed by atoms with E-state index >= 15 is 0 Å². The van der Waals surface area contributed by atoms with Gasteiger partial charge in [-0.2, -0.15) is 0 Å². The molecule has 1 heterocycles. The number of benzene rings is 1. The molecule has 0 bridgehead atoms. The van der Waals surface area contributed by atoms with E-state index in [2.05, 4.69) is 24.1 Å². The molecule has 0 aliphatic heterocycles. The second kappa shape index (κ2) is 15.0. The number of carboxylic acid groups (broad SMARTS) is 1. The Balaban J connectivity index is 2.10. The van der Waals surface area contributed by atoms with Gasteiger partial charge in [0.2, 0.25) is 5.91 Å². The van der Waals surface area contributed by atoms with Crippen molar-refractivity contribution in [2.24, 2.45) is 17.8 Å². The van der Waals surface area contributed by atoms with Gasteiger partial charge in [-0.15, -0.1) is 11.3 Å². The lowest BCUT2D eigenvalue weighted by molar-refractivity contribution is -0.141. The van der Waals surface area contributed by atoms with E-state index in [1.807, 2.05) is 44.2 Å². The molecule has 8 nitrogen and oxygen atoms in total. The van der Waals surface area contributed by atoms with Gasteiger partial charge in [0.05, 0.1) is 5.92 Å². The molecule has 0 saturated heterocycles. The maximum Gasteiger partial charge on any atom is 0.306 e. The minimum Gasteiger partial charge on any atom is -0.481 e. The Morgan fingerprint density at radius 2 is 1.74 bits per heavy atom. The summed E-state index contributed by atoms with van der Waals surface area (Å²) in [6.45, 7) is 9.79. The Labute approximate surface area is 230 Å². The molecule has 38 heavy (non-hydrogen) atoms. The minimum atomic E-state index is -0.917. The molecule has 3 N–H and O–H groups in total. The zero-order valence-corrected chi connectivity index (χ0v) is 24.2. The van der Waals surface area contributed by atoms with E-state index in [-0.39, 0.29) is 36.0 Å². The van der Waals surface area contributed by atoms with Crippen LogP contribution in [0.5, 0.6) is 0 Å². The van der Waals surface area contributed by atoms with Crippen molar-refractivity contribution in [2.75, 3.05) is 7.05 Å². The van der Waals surface area contributed by atoms with Crippen molar-refractivity contribution >= 4 is 29.1 Å². The first-order chi connectivity index (χ1) is 17.9. The number of rotatable bonds is 15. The van der Waals surface area contributed by atoms with E-state index in [0.717, 1.165) is 12.0 Å². The molecule has 0 aliphatic carbocycles. The highest BCUT2D eigenvalue weighted by molar-refractivity contribution is 7.09. The van der Waals surface area contributed by atoms with E-state index in [0.29, 0.717) is 30.2 Å². The third kappa shape index (κ3) is 9.51. The van der Waals surface area contributed by atoms with Crippen LogP contribution < -0.4 is 5.32 Å². The van der Waals surface area contributed by atoms with Crippen LogP contribution in [0.25, 0.3) is 0 Å². The molecular formula is C29H43N3O5S. The third-order valence-electron chi connectivity index (χ3n) is 7.10. The summed E-state index contributed by atoms with van der Waals surface area (Å²) in [7, 11) is 1.79. The number of aromatic nitrogens is 1. The highest BCUT2D eigenvalue weighted by Crippen LogP contribution is 2.28. The largest absolute Gasteiger partial charge is 0.481 e. The summed E-state index contributed by atoms with van der Waals surface area (Å²) in [5, 5.41) is 25.3. The van der Waals surface area contributed by atoms with Crippen LogP contribution in [0.15, 0.2) is 35.7 Å². The van der Waals surface area contributed by atoms with Crippen LogP contribution in [0.3, 0.4) is 0 Å². The topological polar surface area (TPSA) is 120 Å². The van der Waals surface area contributed by atoms with Crippen LogP contribution in [0.1, 0.15) is 87.5 Å². The van der Waals surface area contributed by atoms with Gasteiger partial charge in [-0.25, -0.2) is 4.98 Å². The van der Waals surface area contributed by atoms with Crippen LogP contribution in [0.2, 0.25) is 0 Å². The average Bonchev–Trinajstić information content (AvgIpc) is 3.37. The predicted molar refractivity (Wildman–Crippen MR) is 150 cm³/mol. The van der Waals surface area contributed by atoms with Crippen LogP contribution in [-0.4, -0.2) is 57.0 Å². The van der Waals surface area contributed by atoms with Gasteiger partial charge in [-0.05, 0) is 30.2 Å². The molecule has 0 fully saturated rings. The summed E-state index contributed by atoms with van der Waals surface area (Å²) in [5.74, 6) is -1.45. The summed E-state index contributed by atoms with van der Waals surface area (Å²) in [6, 6.07) is 9.04. The Bertz CT molecular complexity index is 1040. The second-order valence-electron chi connectivity index (χ2n) is 10.7. The molecule has 9 heteroatoms. The number of hydrogen-bond donors (Lipinski definition) is 3. The number of aliphatic hydroxyl groups is 1. The first-order valence-corrected chi connectivity index (χ1v) is 14.3. The Morgan fingerprint density at radius 3 is 2.32 bits per heavy atom. The van der Waals surface area contributed by atoms with Crippen molar-refractivity contribution in [3.05, 3.63) is 52.0 Å². The molecule has 0 spiro atoms. The molecule has 5 atom stereocenters. The normalized spacial score (nSPS) is 15.4. The number of carboxylic acids is 1. The highest BCUT2D eigenvalue weighted by Gasteiger charge is 2.29. The molecule has 2 aromatic rings. The Hall–Kier alpha value is -2.78.